The van der Waals surface area contributed by atoms with Crippen LogP contribution in [0.1, 0.15) is 89.0 Å². The number of ether oxygens (including phenoxy) is 4. The van der Waals surface area contributed by atoms with E-state index < -0.39 is 103 Å². The topological polar surface area (TPSA) is 233 Å². The molecule has 4 fully saturated rings. The highest BCUT2D eigenvalue weighted by molar-refractivity contribution is 5.92. The van der Waals surface area contributed by atoms with E-state index in [2.05, 4.69) is 10.3 Å². The third-order valence-electron chi connectivity index (χ3n) is 10.8. The predicted molar refractivity (Wildman–Crippen MR) is 170 cm³/mol. The van der Waals surface area contributed by atoms with Crippen molar-refractivity contribution in [1.82, 2.24) is 15.3 Å². The summed E-state index contributed by atoms with van der Waals surface area (Å²) in [7, 11) is 0. The number of amides is 1. The first-order chi connectivity index (χ1) is 22.9. The van der Waals surface area contributed by atoms with E-state index in [9.17, 15) is 39.9 Å². The molecule has 272 valence electrons. The summed E-state index contributed by atoms with van der Waals surface area (Å²) in [6, 6.07) is 0.227. The molecule has 0 radical (unpaired) electrons. The van der Waals surface area contributed by atoms with E-state index in [1.807, 2.05) is 18.8 Å². The zero-order chi connectivity index (χ0) is 34.7. The zero-order valence-corrected chi connectivity index (χ0v) is 27.9. The molecule has 1 amide bonds. The van der Waals surface area contributed by atoms with Crippen LogP contribution >= 0.6 is 0 Å². The molecule has 48 heavy (non-hydrogen) atoms. The maximum atomic E-state index is 13.3. The first-order valence-electron chi connectivity index (χ1n) is 17.5. The SMILES string of the molecule is C[C@@H]1[C@@H](O[C@H](C)CC2CCCCC2)[C@@H](O)[C@@H](CO)O[C@H]1C1CCC[C@H](NC(=O)c2cc(=O)[nH]c(=O)[nH]2)[C@H]1O[C@@H]1O[C@@H](C)[C@@H](O)[C@@H](O)[C@@H]1O. The van der Waals surface area contributed by atoms with Crippen LogP contribution in [0.2, 0.25) is 0 Å². The summed E-state index contributed by atoms with van der Waals surface area (Å²) in [6.45, 7) is 4.99. The van der Waals surface area contributed by atoms with Crippen LogP contribution in [-0.2, 0) is 18.9 Å². The molecule has 0 aromatic carbocycles. The van der Waals surface area contributed by atoms with E-state index in [1.54, 1.807) is 0 Å². The van der Waals surface area contributed by atoms with Gasteiger partial charge >= 0.3 is 5.69 Å². The van der Waals surface area contributed by atoms with Gasteiger partial charge in [-0.25, -0.2) is 4.79 Å². The van der Waals surface area contributed by atoms with Gasteiger partial charge in [-0.2, -0.15) is 0 Å². The molecule has 1 aromatic heterocycles. The standard InChI is InChI=1S/C33H53N3O12/c1-15(12-18-8-5-4-6-9-18)45-29-16(2)28(47-22(14-37)25(29)40)19-10-7-11-20(34-31(43)21-13-23(38)36-33(44)35-21)30(19)48-32-27(42)26(41)24(39)17(3)46-32/h13,15-20,22,24-30,32,37,39-42H,4-12,14H2,1-3H3,(H,34,43)(H2,35,36,38,44)/t15-,16+,17+,19?,20+,22-,24-,25+,26-,27+,28-,29-,30+,32+/m1/s1. The minimum Gasteiger partial charge on any atom is -0.394 e. The number of hydrogen-bond acceptors (Lipinski definition) is 12. The molecule has 14 atom stereocenters. The highest BCUT2D eigenvalue weighted by Gasteiger charge is 2.52. The van der Waals surface area contributed by atoms with Gasteiger partial charge in [0.15, 0.2) is 6.29 Å². The van der Waals surface area contributed by atoms with Crippen LogP contribution in [-0.4, -0.2) is 121 Å². The summed E-state index contributed by atoms with van der Waals surface area (Å²) in [5.74, 6) is -1.06. The average Bonchev–Trinajstić information content (AvgIpc) is 3.05. The molecule has 4 aliphatic rings. The average molecular weight is 684 g/mol. The van der Waals surface area contributed by atoms with Gasteiger partial charge in [-0.1, -0.05) is 45.4 Å². The summed E-state index contributed by atoms with van der Waals surface area (Å²) in [5.41, 5.74) is -1.85. The normalized spacial score (nSPS) is 40.3. The van der Waals surface area contributed by atoms with E-state index in [-0.39, 0.29) is 11.8 Å². The lowest BCUT2D eigenvalue weighted by molar-refractivity contribution is -0.319. The van der Waals surface area contributed by atoms with Gasteiger partial charge in [-0.3, -0.25) is 14.6 Å². The lowest BCUT2D eigenvalue weighted by atomic mass is 9.72. The Morgan fingerprint density at radius 1 is 0.938 bits per heavy atom. The van der Waals surface area contributed by atoms with Gasteiger partial charge in [-0.15, -0.1) is 0 Å². The van der Waals surface area contributed by atoms with Crippen molar-refractivity contribution < 1.29 is 49.3 Å². The Morgan fingerprint density at radius 3 is 2.35 bits per heavy atom. The number of rotatable bonds is 10. The van der Waals surface area contributed by atoms with Gasteiger partial charge in [-0.05, 0) is 39.0 Å². The number of carbonyl (C=O) groups is 1. The van der Waals surface area contributed by atoms with Crippen molar-refractivity contribution in [2.45, 2.75) is 152 Å². The molecule has 15 heteroatoms. The summed E-state index contributed by atoms with van der Waals surface area (Å²) in [5, 5.41) is 56.1. The second kappa shape index (κ2) is 16.2. The molecule has 2 saturated heterocycles. The van der Waals surface area contributed by atoms with E-state index in [0.717, 1.165) is 25.3 Å². The van der Waals surface area contributed by atoms with E-state index in [0.29, 0.717) is 25.2 Å². The van der Waals surface area contributed by atoms with Gasteiger partial charge in [0.05, 0.1) is 43.2 Å². The maximum Gasteiger partial charge on any atom is 0.326 e. The first kappa shape index (κ1) is 37.1. The third kappa shape index (κ3) is 8.38. The smallest absolute Gasteiger partial charge is 0.326 e. The molecular weight excluding hydrogens is 630 g/mol. The number of carbonyl (C=O) groups excluding carboxylic acids is 1. The molecule has 15 nitrogen and oxygen atoms in total. The van der Waals surface area contributed by atoms with Crippen LogP contribution in [0.25, 0.3) is 0 Å². The van der Waals surface area contributed by atoms with Crippen LogP contribution < -0.4 is 16.6 Å². The minimum absolute atomic E-state index is 0.143. The van der Waals surface area contributed by atoms with Gasteiger partial charge in [0, 0.05) is 17.9 Å². The van der Waals surface area contributed by atoms with Crippen LogP contribution in [0.3, 0.4) is 0 Å². The van der Waals surface area contributed by atoms with E-state index in [4.69, 9.17) is 18.9 Å². The summed E-state index contributed by atoms with van der Waals surface area (Å²) in [6.07, 6.45) is -2.84. The number of aromatic amines is 2. The third-order valence-corrected chi connectivity index (χ3v) is 10.8. The second-order valence-corrected chi connectivity index (χ2v) is 14.3. The Kier molecular flexibility index (Phi) is 12.5. The lowest BCUT2D eigenvalue weighted by Crippen LogP contribution is -2.64. The number of H-pyrrole nitrogens is 2. The van der Waals surface area contributed by atoms with Crippen LogP contribution in [0, 0.1) is 17.8 Å². The molecule has 0 spiro atoms. The van der Waals surface area contributed by atoms with Crippen molar-refractivity contribution in [2.24, 2.45) is 17.8 Å². The van der Waals surface area contributed by atoms with Crippen molar-refractivity contribution in [3.8, 4) is 0 Å². The van der Waals surface area contributed by atoms with Crippen molar-refractivity contribution in [3.63, 3.8) is 0 Å². The van der Waals surface area contributed by atoms with Crippen LogP contribution in [0.5, 0.6) is 0 Å². The fraction of sp³-hybridized carbons (Fsp3) is 0.848. The Morgan fingerprint density at radius 2 is 1.67 bits per heavy atom. The summed E-state index contributed by atoms with van der Waals surface area (Å²) >= 11 is 0. The fourth-order valence-electron chi connectivity index (χ4n) is 8.20. The largest absolute Gasteiger partial charge is 0.394 e. The quantitative estimate of drug-likeness (QED) is 0.159. The molecule has 0 bridgehead atoms. The van der Waals surface area contributed by atoms with Gasteiger partial charge in [0.25, 0.3) is 11.5 Å². The molecule has 5 rings (SSSR count). The monoisotopic (exact) mass is 683 g/mol. The first-order valence-corrected chi connectivity index (χ1v) is 17.5. The van der Waals surface area contributed by atoms with Crippen molar-refractivity contribution in [1.29, 1.82) is 0 Å². The number of aliphatic hydroxyl groups is 5. The fourth-order valence-corrected chi connectivity index (χ4v) is 8.20. The van der Waals surface area contributed by atoms with E-state index in [1.165, 1.54) is 26.2 Å². The van der Waals surface area contributed by atoms with Gasteiger partial charge in [0.1, 0.15) is 36.2 Å². The van der Waals surface area contributed by atoms with Crippen molar-refractivity contribution in [3.05, 3.63) is 32.6 Å². The molecule has 8 N–H and O–H groups in total. The second-order valence-electron chi connectivity index (χ2n) is 14.3. The van der Waals surface area contributed by atoms with Crippen LogP contribution in [0.15, 0.2) is 15.7 Å². The Bertz CT molecular complexity index is 1290. The highest BCUT2D eigenvalue weighted by Crippen LogP contribution is 2.42. The highest BCUT2D eigenvalue weighted by atomic mass is 16.7. The molecular formula is C33H53N3O12. The molecule has 3 heterocycles. The van der Waals surface area contributed by atoms with Gasteiger partial charge < -0.3 is 54.8 Å². The lowest BCUT2D eigenvalue weighted by Gasteiger charge is -2.51. The Balaban J connectivity index is 1.41. The Hall–Kier alpha value is -2.21. The number of aliphatic hydroxyl groups excluding tert-OH is 5. The molecule has 2 aliphatic heterocycles. The van der Waals surface area contributed by atoms with Crippen molar-refractivity contribution in [2.75, 3.05) is 6.61 Å². The summed E-state index contributed by atoms with van der Waals surface area (Å²) < 4.78 is 25.1. The van der Waals surface area contributed by atoms with Gasteiger partial charge in [0.2, 0.25) is 0 Å². The van der Waals surface area contributed by atoms with Crippen LogP contribution in [0.4, 0.5) is 0 Å². The number of nitrogens with one attached hydrogen (secondary N) is 3. The zero-order valence-electron chi connectivity index (χ0n) is 27.9. The minimum atomic E-state index is -1.62. The number of aromatic nitrogens is 2. The van der Waals surface area contributed by atoms with E-state index >= 15 is 0 Å². The van der Waals surface area contributed by atoms with Crippen molar-refractivity contribution >= 4 is 5.91 Å². The molecule has 2 saturated carbocycles. The summed E-state index contributed by atoms with van der Waals surface area (Å²) in [4.78, 5) is 41.5. The number of hydrogen-bond donors (Lipinski definition) is 8. The maximum absolute atomic E-state index is 13.3. The molecule has 1 unspecified atom stereocenters. The molecule has 2 aliphatic carbocycles. The molecule has 1 aromatic rings. The predicted octanol–water partition coefficient (Wildman–Crippen LogP) is -0.325. The Labute approximate surface area is 279 Å².